The third kappa shape index (κ3) is 2.34. The minimum Gasteiger partial charge on any atom is -0.506 e. The normalized spacial score (nSPS) is 20.3. The number of piperidine rings is 1. The van der Waals surface area contributed by atoms with Crippen molar-refractivity contribution in [3.05, 3.63) is 18.5 Å². The molecule has 0 bridgehead atoms. The van der Waals surface area contributed by atoms with E-state index < -0.39 is 5.92 Å². The topological polar surface area (TPSA) is 36.4 Å². The smallest absolute Gasteiger partial charge is 0.251 e. The SMILES string of the molecule is Oc1cncc(N2CCC(F)(F)CC2)c1. The second-order valence-electron chi connectivity index (χ2n) is 3.74. The lowest BCUT2D eigenvalue weighted by Gasteiger charge is -2.33. The fraction of sp³-hybridized carbons (Fsp3) is 0.500. The maximum absolute atomic E-state index is 12.9. The third-order valence-electron chi connectivity index (χ3n) is 2.57. The van der Waals surface area contributed by atoms with Gasteiger partial charge in [0.1, 0.15) is 5.75 Å². The lowest BCUT2D eigenvalue weighted by atomic mass is 10.1. The van der Waals surface area contributed by atoms with Crippen LogP contribution in [0.5, 0.6) is 5.75 Å². The molecule has 2 rings (SSSR count). The lowest BCUT2D eigenvalue weighted by molar-refractivity contribution is -0.0220. The Morgan fingerprint density at radius 2 is 1.93 bits per heavy atom. The summed E-state index contributed by atoms with van der Waals surface area (Å²) in [5, 5.41) is 9.21. The number of aromatic hydroxyl groups is 1. The fourth-order valence-electron chi connectivity index (χ4n) is 1.68. The number of hydrogen-bond donors (Lipinski definition) is 1. The van der Waals surface area contributed by atoms with Crippen LogP contribution in [-0.2, 0) is 0 Å². The van der Waals surface area contributed by atoms with Gasteiger partial charge < -0.3 is 10.0 Å². The molecule has 0 unspecified atom stereocenters. The Morgan fingerprint density at radius 1 is 1.27 bits per heavy atom. The molecule has 3 nitrogen and oxygen atoms in total. The average Bonchev–Trinajstić information content (AvgIpc) is 2.17. The number of anilines is 1. The van der Waals surface area contributed by atoms with Crippen LogP contribution >= 0.6 is 0 Å². The predicted octanol–water partition coefficient (Wildman–Crippen LogP) is 2.02. The Morgan fingerprint density at radius 3 is 2.53 bits per heavy atom. The largest absolute Gasteiger partial charge is 0.506 e. The van der Waals surface area contributed by atoms with Gasteiger partial charge in [-0.05, 0) is 0 Å². The van der Waals surface area contributed by atoms with E-state index >= 15 is 0 Å². The molecule has 0 radical (unpaired) electrons. The molecular formula is C10H12F2N2O. The molecule has 0 spiro atoms. The zero-order valence-corrected chi connectivity index (χ0v) is 8.16. The number of halogens is 2. The van der Waals surface area contributed by atoms with Crippen molar-refractivity contribution in [2.24, 2.45) is 0 Å². The van der Waals surface area contributed by atoms with Crippen molar-refractivity contribution in [3.8, 4) is 5.75 Å². The van der Waals surface area contributed by atoms with Crippen LogP contribution in [-0.4, -0.2) is 29.1 Å². The summed E-state index contributed by atoms with van der Waals surface area (Å²) in [6.45, 7) is 0.607. The van der Waals surface area contributed by atoms with Gasteiger partial charge in [0.25, 0.3) is 5.92 Å². The zero-order chi connectivity index (χ0) is 10.9. The van der Waals surface area contributed by atoms with E-state index in [4.69, 9.17) is 0 Å². The first-order valence-electron chi connectivity index (χ1n) is 4.84. The molecule has 1 fully saturated rings. The summed E-state index contributed by atoms with van der Waals surface area (Å²) in [6.07, 6.45) is 2.62. The zero-order valence-electron chi connectivity index (χ0n) is 8.16. The molecule has 0 atom stereocenters. The van der Waals surface area contributed by atoms with E-state index in [9.17, 15) is 13.9 Å². The monoisotopic (exact) mass is 214 g/mol. The predicted molar refractivity (Wildman–Crippen MR) is 52.3 cm³/mol. The summed E-state index contributed by atoms with van der Waals surface area (Å²) < 4.78 is 25.8. The van der Waals surface area contributed by atoms with Gasteiger partial charge in [0.05, 0.1) is 18.1 Å². The van der Waals surface area contributed by atoms with Crippen molar-refractivity contribution in [1.29, 1.82) is 0 Å². The van der Waals surface area contributed by atoms with Gasteiger partial charge in [-0.3, -0.25) is 4.98 Å². The summed E-state index contributed by atoms with van der Waals surface area (Å²) in [6, 6.07) is 1.54. The molecule has 1 aromatic rings. The van der Waals surface area contributed by atoms with E-state index in [1.54, 1.807) is 6.20 Å². The molecule has 0 amide bonds. The van der Waals surface area contributed by atoms with Gasteiger partial charge in [-0.1, -0.05) is 0 Å². The maximum Gasteiger partial charge on any atom is 0.251 e. The quantitative estimate of drug-likeness (QED) is 0.777. The summed E-state index contributed by atoms with van der Waals surface area (Å²) in [4.78, 5) is 5.63. The highest BCUT2D eigenvalue weighted by molar-refractivity contribution is 5.48. The van der Waals surface area contributed by atoms with Crippen molar-refractivity contribution in [1.82, 2.24) is 4.98 Å². The first-order valence-corrected chi connectivity index (χ1v) is 4.84. The van der Waals surface area contributed by atoms with Gasteiger partial charge in [-0.25, -0.2) is 8.78 Å². The number of alkyl halides is 2. The Bertz CT molecular complexity index is 347. The molecule has 5 heteroatoms. The van der Waals surface area contributed by atoms with E-state index in [1.165, 1.54) is 12.3 Å². The molecule has 1 aliphatic rings. The molecule has 1 aliphatic heterocycles. The van der Waals surface area contributed by atoms with Gasteiger partial charge >= 0.3 is 0 Å². The van der Waals surface area contributed by atoms with E-state index in [1.807, 2.05) is 4.90 Å². The van der Waals surface area contributed by atoms with Gasteiger partial charge in [0.15, 0.2) is 0 Å². The molecule has 1 aromatic heterocycles. The van der Waals surface area contributed by atoms with Gasteiger partial charge in [0, 0.05) is 32.0 Å². The summed E-state index contributed by atoms with van der Waals surface area (Å²) in [7, 11) is 0. The number of rotatable bonds is 1. The highest BCUT2D eigenvalue weighted by Gasteiger charge is 2.34. The average molecular weight is 214 g/mol. The lowest BCUT2D eigenvalue weighted by Crippen LogP contribution is -2.39. The van der Waals surface area contributed by atoms with Crippen molar-refractivity contribution >= 4 is 5.69 Å². The highest BCUT2D eigenvalue weighted by Crippen LogP contribution is 2.30. The van der Waals surface area contributed by atoms with Crippen LogP contribution in [0.1, 0.15) is 12.8 Å². The van der Waals surface area contributed by atoms with Gasteiger partial charge in [-0.15, -0.1) is 0 Å². The van der Waals surface area contributed by atoms with Gasteiger partial charge in [0.2, 0.25) is 0 Å². The van der Waals surface area contributed by atoms with Crippen molar-refractivity contribution in [2.75, 3.05) is 18.0 Å². The van der Waals surface area contributed by atoms with Crippen LogP contribution in [0.15, 0.2) is 18.5 Å². The van der Waals surface area contributed by atoms with Crippen LogP contribution in [0.4, 0.5) is 14.5 Å². The van der Waals surface area contributed by atoms with Crippen LogP contribution in [0.2, 0.25) is 0 Å². The van der Waals surface area contributed by atoms with E-state index in [-0.39, 0.29) is 18.6 Å². The number of aromatic nitrogens is 1. The molecule has 1 saturated heterocycles. The Balaban J connectivity index is 2.08. The van der Waals surface area contributed by atoms with Crippen molar-refractivity contribution < 1.29 is 13.9 Å². The van der Waals surface area contributed by atoms with E-state index in [0.29, 0.717) is 18.8 Å². The Hall–Kier alpha value is -1.39. The summed E-state index contributed by atoms with van der Waals surface area (Å²) >= 11 is 0. The molecule has 0 aliphatic carbocycles. The minimum atomic E-state index is -2.54. The number of pyridine rings is 1. The molecule has 1 N–H and O–H groups in total. The summed E-state index contributed by atoms with van der Waals surface area (Å²) in [5.41, 5.74) is 0.700. The first-order chi connectivity index (χ1) is 7.07. The third-order valence-corrected chi connectivity index (χ3v) is 2.57. The van der Waals surface area contributed by atoms with E-state index in [2.05, 4.69) is 4.98 Å². The number of nitrogens with zero attached hydrogens (tertiary/aromatic N) is 2. The summed E-state index contributed by atoms with van der Waals surface area (Å²) in [5.74, 6) is -2.48. The van der Waals surface area contributed by atoms with Crippen LogP contribution in [0.25, 0.3) is 0 Å². The second-order valence-corrected chi connectivity index (χ2v) is 3.74. The van der Waals surface area contributed by atoms with Crippen molar-refractivity contribution in [3.63, 3.8) is 0 Å². The van der Waals surface area contributed by atoms with Crippen molar-refractivity contribution in [2.45, 2.75) is 18.8 Å². The molecule has 0 aromatic carbocycles. The molecule has 82 valence electrons. The second kappa shape index (κ2) is 3.64. The fourth-order valence-corrected chi connectivity index (χ4v) is 1.68. The molecule has 2 heterocycles. The first kappa shape index (κ1) is 10.1. The van der Waals surface area contributed by atoms with Gasteiger partial charge in [-0.2, -0.15) is 0 Å². The standard InChI is InChI=1S/C10H12F2N2O/c11-10(12)1-3-14(4-2-10)8-5-9(15)7-13-6-8/h5-7,15H,1-4H2. The molecule has 15 heavy (non-hydrogen) atoms. The number of hydrogen-bond acceptors (Lipinski definition) is 3. The maximum atomic E-state index is 12.9. The molecule has 0 saturated carbocycles. The Labute approximate surface area is 86.4 Å². The minimum absolute atomic E-state index is 0.0600. The van der Waals surface area contributed by atoms with Crippen LogP contribution < -0.4 is 4.90 Å². The van der Waals surface area contributed by atoms with E-state index in [0.717, 1.165) is 0 Å². The molecular weight excluding hydrogens is 202 g/mol. The highest BCUT2D eigenvalue weighted by atomic mass is 19.3. The Kier molecular flexibility index (Phi) is 2.46. The van der Waals surface area contributed by atoms with Crippen LogP contribution in [0, 0.1) is 0 Å². The van der Waals surface area contributed by atoms with Crippen LogP contribution in [0.3, 0.4) is 0 Å².